The Morgan fingerprint density at radius 2 is 2.14 bits per heavy atom. The largest absolute Gasteiger partial charge is 0.489 e. The highest BCUT2D eigenvalue weighted by molar-refractivity contribution is 7.12. The molecule has 1 aliphatic rings. The van der Waals surface area contributed by atoms with Crippen LogP contribution >= 0.6 is 11.3 Å². The maximum Gasteiger partial charge on any atom is 0.261 e. The van der Waals surface area contributed by atoms with Crippen LogP contribution in [0.25, 0.3) is 0 Å². The molecule has 0 aliphatic heterocycles. The van der Waals surface area contributed by atoms with Crippen molar-refractivity contribution in [3.8, 4) is 5.75 Å². The number of ether oxygens (including phenoxy) is 1. The minimum Gasteiger partial charge on any atom is -0.489 e. The van der Waals surface area contributed by atoms with Gasteiger partial charge >= 0.3 is 0 Å². The minimum absolute atomic E-state index is 0.0544. The maximum atomic E-state index is 12.2. The average molecular weight is 315 g/mol. The molecule has 0 radical (unpaired) electrons. The number of hydrogen-bond acceptors (Lipinski definition) is 3. The number of hydrogen-bond donors (Lipinski definition) is 1. The summed E-state index contributed by atoms with van der Waals surface area (Å²) in [6.07, 6.45) is 4.68. The van der Waals surface area contributed by atoms with E-state index in [-0.39, 0.29) is 5.91 Å². The molecule has 116 valence electrons. The molecule has 22 heavy (non-hydrogen) atoms. The number of nitrogens with one attached hydrogen (secondary N) is 1. The van der Waals surface area contributed by atoms with Gasteiger partial charge in [0.25, 0.3) is 5.91 Å². The fourth-order valence-corrected chi connectivity index (χ4v) is 3.57. The first-order chi connectivity index (χ1) is 10.7. The van der Waals surface area contributed by atoms with Gasteiger partial charge in [0.05, 0.1) is 4.88 Å². The second-order valence-electron chi connectivity index (χ2n) is 5.88. The number of aryl methyl sites for hydroxylation is 1. The van der Waals surface area contributed by atoms with Crippen LogP contribution in [0.1, 0.15) is 46.5 Å². The molecule has 1 N–H and O–H groups in total. The Bertz CT molecular complexity index is 644. The Labute approximate surface area is 135 Å². The van der Waals surface area contributed by atoms with Gasteiger partial charge in [-0.2, -0.15) is 0 Å². The third kappa shape index (κ3) is 3.89. The highest BCUT2D eigenvalue weighted by atomic mass is 32.1. The number of amides is 1. The zero-order valence-corrected chi connectivity index (χ0v) is 13.6. The smallest absolute Gasteiger partial charge is 0.261 e. The molecule has 1 saturated carbocycles. The lowest BCUT2D eigenvalue weighted by Crippen LogP contribution is -2.31. The normalized spacial score (nSPS) is 15.0. The van der Waals surface area contributed by atoms with E-state index < -0.39 is 0 Å². The van der Waals surface area contributed by atoms with Crippen LogP contribution in [0.5, 0.6) is 5.75 Å². The molecule has 1 aromatic heterocycles. The lowest BCUT2D eigenvalue weighted by Gasteiger charge is -2.10. The summed E-state index contributed by atoms with van der Waals surface area (Å²) in [5.41, 5.74) is 2.22. The second-order valence-corrected chi connectivity index (χ2v) is 6.79. The summed E-state index contributed by atoms with van der Waals surface area (Å²) in [4.78, 5) is 13.0. The van der Waals surface area contributed by atoms with Crippen LogP contribution in [-0.4, -0.2) is 11.9 Å². The van der Waals surface area contributed by atoms with Gasteiger partial charge in [-0.15, -0.1) is 11.3 Å². The lowest BCUT2D eigenvalue weighted by atomic mass is 10.2. The molecule has 1 aromatic carbocycles. The van der Waals surface area contributed by atoms with E-state index in [9.17, 15) is 4.79 Å². The van der Waals surface area contributed by atoms with Gasteiger partial charge in [0.1, 0.15) is 12.4 Å². The highest BCUT2D eigenvalue weighted by Gasteiger charge is 2.18. The molecule has 1 amide bonds. The van der Waals surface area contributed by atoms with Gasteiger partial charge < -0.3 is 10.1 Å². The van der Waals surface area contributed by atoms with Gasteiger partial charge in [-0.05, 0) is 48.9 Å². The van der Waals surface area contributed by atoms with Gasteiger partial charge in [-0.1, -0.05) is 25.0 Å². The zero-order valence-electron chi connectivity index (χ0n) is 12.8. The van der Waals surface area contributed by atoms with Gasteiger partial charge in [0.15, 0.2) is 0 Å². The van der Waals surface area contributed by atoms with Crippen LogP contribution in [0, 0.1) is 6.92 Å². The fourth-order valence-electron chi connectivity index (χ4n) is 2.77. The van der Waals surface area contributed by atoms with E-state index in [1.165, 1.54) is 29.7 Å². The Morgan fingerprint density at radius 3 is 2.91 bits per heavy atom. The average Bonchev–Trinajstić information content (AvgIpc) is 3.16. The molecule has 0 bridgehead atoms. The predicted octanol–water partition coefficient (Wildman–Crippen LogP) is 4.31. The number of carbonyl (C=O) groups is 1. The summed E-state index contributed by atoms with van der Waals surface area (Å²) in [7, 11) is 0. The van der Waals surface area contributed by atoms with Crippen molar-refractivity contribution in [1.82, 2.24) is 5.32 Å². The maximum absolute atomic E-state index is 12.2. The molecule has 0 atom stereocenters. The third-order valence-corrected chi connectivity index (χ3v) is 4.94. The molecule has 1 heterocycles. The monoisotopic (exact) mass is 315 g/mol. The summed E-state index contributed by atoms with van der Waals surface area (Å²) < 4.78 is 5.77. The van der Waals surface area contributed by atoms with Crippen LogP contribution in [0.3, 0.4) is 0 Å². The summed E-state index contributed by atoms with van der Waals surface area (Å²) >= 11 is 1.49. The highest BCUT2D eigenvalue weighted by Crippen LogP contribution is 2.21. The van der Waals surface area contributed by atoms with Crippen molar-refractivity contribution in [1.29, 1.82) is 0 Å². The molecule has 1 aliphatic carbocycles. The summed E-state index contributed by atoms with van der Waals surface area (Å²) in [6.45, 7) is 2.54. The number of carbonyl (C=O) groups excluding carboxylic acids is 1. The molecule has 3 nitrogen and oxygen atoms in total. The zero-order chi connectivity index (χ0) is 15.4. The first-order valence-electron chi connectivity index (χ1n) is 7.78. The van der Waals surface area contributed by atoms with E-state index >= 15 is 0 Å². The van der Waals surface area contributed by atoms with Crippen molar-refractivity contribution in [3.63, 3.8) is 0 Å². The molecule has 2 aromatic rings. The van der Waals surface area contributed by atoms with Gasteiger partial charge in [0, 0.05) is 11.6 Å². The molecule has 4 heteroatoms. The molecular formula is C18H21NO2S. The van der Waals surface area contributed by atoms with Crippen LogP contribution in [-0.2, 0) is 6.61 Å². The van der Waals surface area contributed by atoms with Crippen molar-refractivity contribution in [2.45, 2.75) is 45.3 Å². The first kappa shape index (κ1) is 15.1. The Hall–Kier alpha value is -1.81. The van der Waals surface area contributed by atoms with E-state index in [1.807, 2.05) is 42.6 Å². The van der Waals surface area contributed by atoms with Crippen LogP contribution in [0.15, 0.2) is 35.7 Å². The van der Waals surface area contributed by atoms with Gasteiger partial charge in [-0.3, -0.25) is 4.79 Å². The Balaban J connectivity index is 1.55. The van der Waals surface area contributed by atoms with Gasteiger partial charge in [0.2, 0.25) is 0 Å². The second kappa shape index (κ2) is 6.97. The van der Waals surface area contributed by atoms with Crippen LogP contribution in [0.2, 0.25) is 0 Å². The third-order valence-electron chi connectivity index (χ3n) is 3.96. The molecular weight excluding hydrogens is 294 g/mol. The van der Waals surface area contributed by atoms with Crippen molar-refractivity contribution < 1.29 is 9.53 Å². The van der Waals surface area contributed by atoms with Crippen molar-refractivity contribution >= 4 is 17.2 Å². The van der Waals surface area contributed by atoms with E-state index in [4.69, 9.17) is 4.74 Å². The van der Waals surface area contributed by atoms with Crippen LogP contribution < -0.4 is 10.1 Å². The SMILES string of the molecule is Cc1cccc(OCc2csc(C(=O)NC3CCCC3)c2)c1. The lowest BCUT2D eigenvalue weighted by molar-refractivity contribution is 0.0942. The van der Waals surface area contributed by atoms with Crippen molar-refractivity contribution in [3.05, 3.63) is 51.7 Å². The summed E-state index contributed by atoms with van der Waals surface area (Å²) in [5.74, 6) is 0.918. The standard InChI is InChI=1S/C18H21NO2S/c1-13-5-4-8-16(9-13)21-11-14-10-17(22-12-14)18(20)19-15-6-2-3-7-15/h4-5,8-10,12,15H,2-3,6-7,11H2,1H3,(H,19,20). The fraction of sp³-hybridized carbons (Fsp3) is 0.389. The molecule has 0 spiro atoms. The quantitative estimate of drug-likeness (QED) is 0.893. The molecule has 0 saturated heterocycles. The molecule has 3 rings (SSSR count). The minimum atomic E-state index is 0.0544. The van der Waals surface area contributed by atoms with E-state index in [1.54, 1.807) is 0 Å². The van der Waals surface area contributed by atoms with Crippen molar-refractivity contribution in [2.24, 2.45) is 0 Å². The first-order valence-corrected chi connectivity index (χ1v) is 8.66. The Morgan fingerprint density at radius 1 is 1.32 bits per heavy atom. The Kier molecular flexibility index (Phi) is 4.78. The van der Waals surface area contributed by atoms with E-state index in [2.05, 4.69) is 5.32 Å². The van der Waals surface area contributed by atoms with E-state index in [0.717, 1.165) is 29.0 Å². The summed E-state index contributed by atoms with van der Waals surface area (Å²) in [5, 5.41) is 5.12. The topological polar surface area (TPSA) is 38.3 Å². The number of rotatable bonds is 5. The predicted molar refractivity (Wildman–Crippen MR) is 89.6 cm³/mol. The number of thiophene rings is 1. The molecule has 0 unspecified atom stereocenters. The molecule has 1 fully saturated rings. The number of benzene rings is 1. The van der Waals surface area contributed by atoms with Gasteiger partial charge in [-0.25, -0.2) is 0 Å². The van der Waals surface area contributed by atoms with Crippen molar-refractivity contribution in [2.75, 3.05) is 0 Å². The van der Waals surface area contributed by atoms with E-state index in [0.29, 0.717) is 12.6 Å². The summed E-state index contributed by atoms with van der Waals surface area (Å²) in [6, 6.07) is 10.3. The van der Waals surface area contributed by atoms with Crippen LogP contribution in [0.4, 0.5) is 0 Å².